The Labute approximate surface area is 145 Å². The minimum Gasteiger partial charge on any atom is -0.378 e. The van der Waals surface area contributed by atoms with Crippen LogP contribution in [-0.2, 0) is 17.7 Å². The van der Waals surface area contributed by atoms with Crippen LogP contribution in [0.2, 0.25) is 0 Å². The molecular weight excluding hydrogens is 327 g/mol. The number of aromatic nitrogens is 2. The van der Waals surface area contributed by atoms with E-state index in [0.29, 0.717) is 50.1 Å². The Morgan fingerprint density at radius 3 is 2.76 bits per heavy atom. The first-order valence-corrected chi connectivity index (χ1v) is 8.27. The molecule has 134 valence electrons. The Kier molecular flexibility index (Phi) is 5.28. The van der Waals surface area contributed by atoms with Crippen LogP contribution in [-0.4, -0.2) is 54.3 Å². The average Bonchev–Trinajstić information content (AvgIpc) is 3.09. The number of anilines is 1. The van der Waals surface area contributed by atoms with E-state index in [4.69, 9.17) is 9.26 Å². The second-order valence-electron chi connectivity index (χ2n) is 5.88. The number of morpholine rings is 1. The minimum absolute atomic E-state index is 0.179. The fourth-order valence-electron chi connectivity index (χ4n) is 2.69. The summed E-state index contributed by atoms with van der Waals surface area (Å²) in [6, 6.07) is 4.55. The van der Waals surface area contributed by atoms with E-state index < -0.39 is 5.82 Å². The average molecular weight is 348 g/mol. The van der Waals surface area contributed by atoms with Crippen molar-refractivity contribution >= 4 is 11.6 Å². The highest BCUT2D eigenvalue weighted by Crippen LogP contribution is 2.22. The Morgan fingerprint density at radius 1 is 1.36 bits per heavy atom. The SMILES string of the molecule is CCc1noc(CN(C)C(=O)c2ccc(N3CCOCC3)c(F)c2)n1. The molecule has 1 aromatic carbocycles. The van der Waals surface area contributed by atoms with Gasteiger partial charge in [0.15, 0.2) is 5.82 Å². The monoisotopic (exact) mass is 348 g/mol. The maximum atomic E-state index is 14.4. The van der Waals surface area contributed by atoms with Crippen molar-refractivity contribution in [3.8, 4) is 0 Å². The molecule has 0 radical (unpaired) electrons. The Hall–Kier alpha value is -2.48. The second-order valence-corrected chi connectivity index (χ2v) is 5.88. The summed E-state index contributed by atoms with van der Waals surface area (Å²) in [6.45, 7) is 4.53. The predicted molar refractivity (Wildman–Crippen MR) is 88.9 cm³/mol. The highest BCUT2D eigenvalue weighted by Gasteiger charge is 2.19. The topological polar surface area (TPSA) is 71.7 Å². The summed E-state index contributed by atoms with van der Waals surface area (Å²) in [5.41, 5.74) is 0.777. The van der Waals surface area contributed by atoms with Crippen LogP contribution in [0.25, 0.3) is 0 Å². The van der Waals surface area contributed by atoms with Crippen LogP contribution < -0.4 is 4.90 Å². The molecule has 1 aliphatic rings. The van der Waals surface area contributed by atoms with Gasteiger partial charge in [-0.25, -0.2) is 4.39 Å². The van der Waals surface area contributed by atoms with Gasteiger partial charge < -0.3 is 19.1 Å². The number of hydrogen-bond acceptors (Lipinski definition) is 6. The maximum Gasteiger partial charge on any atom is 0.254 e. The number of hydrogen-bond donors (Lipinski definition) is 0. The molecule has 7 nitrogen and oxygen atoms in total. The summed E-state index contributed by atoms with van der Waals surface area (Å²) in [7, 11) is 1.62. The van der Waals surface area contributed by atoms with Crippen molar-refractivity contribution in [1.82, 2.24) is 15.0 Å². The van der Waals surface area contributed by atoms with E-state index in [1.807, 2.05) is 11.8 Å². The molecule has 25 heavy (non-hydrogen) atoms. The quantitative estimate of drug-likeness (QED) is 0.822. The number of amides is 1. The molecule has 0 aliphatic carbocycles. The Bertz CT molecular complexity index is 743. The summed E-state index contributed by atoms with van der Waals surface area (Å²) >= 11 is 0. The van der Waals surface area contributed by atoms with Gasteiger partial charge in [0.05, 0.1) is 25.4 Å². The molecule has 1 aliphatic heterocycles. The maximum absolute atomic E-state index is 14.4. The van der Waals surface area contributed by atoms with Gasteiger partial charge in [-0.05, 0) is 18.2 Å². The summed E-state index contributed by atoms with van der Waals surface area (Å²) in [5.74, 6) is 0.241. The number of rotatable bonds is 5. The van der Waals surface area contributed by atoms with E-state index in [2.05, 4.69) is 10.1 Å². The van der Waals surface area contributed by atoms with Gasteiger partial charge in [0.25, 0.3) is 5.91 Å². The van der Waals surface area contributed by atoms with E-state index >= 15 is 0 Å². The molecule has 1 aromatic heterocycles. The zero-order chi connectivity index (χ0) is 17.8. The van der Waals surface area contributed by atoms with Crippen molar-refractivity contribution in [3.05, 3.63) is 41.3 Å². The molecule has 1 amide bonds. The highest BCUT2D eigenvalue weighted by atomic mass is 19.1. The standard InChI is InChI=1S/C17H21FN4O3/c1-3-15-19-16(25-20-15)11-21(2)17(23)12-4-5-14(13(18)10-12)22-6-8-24-9-7-22/h4-5,10H,3,6-9,11H2,1-2H3. The van der Waals surface area contributed by atoms with Crippen molar-refractivity contribution < 1.29 is 18.4 Å². The van der Waals surface area contributed by atoms with Crippen LogP contribution in [0, 0.1) is 5.82 Å². The van der Waals surface area contributed by atoms with Crippen LogP contribution in [0.4, 0.5) is 10.1 Å². The molecule has 0 N–H and O–H groups in total. The van der Waals surface area contributed by atoms with Gasteiger partial charge in [0, 0.05) is 32.1 Å². The fourth-order valence-corrected chi connectivity index (χ4v) is 2.69. The lowest BCUT2D eigenvalue weighted by Gasteiger charge is -2.29. The Balaban J connectivity index is 1.69. The smallest absolute Gasteiger partial charge is 0.254 e. The van der Waals surface area contributed by atoms with Crippen LogP contribution in [0.5, 0.6) is 0 Å². The zero-order valence-corrected chi connectivity index (χ0v) is 14.4. The summed E-state index contributed by atoms with van der Waals surface area (Å²) < 4.78 is 24.8. The van der Waals surface area contributed by atoms with E-state index in [-0.39, 0.29) is 18.0 Å². The van der Waals surface area contributed by atoms with Gasteiger partial charge in [0.2, 0.25) is 5.89 Å². The molecule has 2 aromatic rings. The highest BCUT2D eigenvalue weighted by molar-refractivity contribution is 5.94. The predicted octanol–water partition coefficient (Wildman–Crippen LogP) is 1.88. The third-order valence-corrected chi connectivity index (χ3v) is 4.09. The van der Waals surface area contributed by atoms with Gasteiger partial charge in [-0.15, -0.1) is 0 Å². The lowest BCUT2D eigenvalue weighted by molar-refractivity contribution is 0.0769. The molecule has 0 atom stereocenters. The minimum atomic E-state index is -0.410. The zero-order valence-electron chi connectivity index (χ0n) is 14.4. The normalized spacial score (nSPS) is 14.6. The molecule has 2 heterocycles. The van der Waals surface area contributed by atoms with Crippen molar-refractivity contribution in [1.29, 1.82) is 0 Å². The van der Waals surface area contributed by atoms with Crippen LogP contribution in [0.1, 0.15) is 29.0 Å². The first kappa shape index (κ1) is 17.3. The number of nitrogens with zero attached hydrogens (tertiary/aromatic N) is 4. The third-order valence-electron chi connectivity index (χ3n) is 4.09. The van der Waals surface area contributed by atoms with Crippen LogP contribution in [0.3, 0.4) is 0 Å². The third kappa shape index (κ3) is 3.96. The summed E-state index contributed by atoms with van der Waals surface area (Å²) in [6.07, 6.45) is 0.662. The molecule has 1 saturated heterocycles. The largest absolute Gasteiger partial charge is 0.378 e. The molecule has 0 spiro atoms. The molecule has 3 rings (SSSR count). The first-order valence-electron chi connectivity index (χ1n) is 8.27. The number of carbonyl (C=O) groups is 1. The molecule has 0 bridgehead atoms. The molecule has 0 saturated carbocycles. The van der Waals surface area contributed by atoms with Crippen molar-refractivity contribution in [2.75, 3.05) is 38.3 Å². The molecule has 8 heteroatoms. The summed E-state index contributed by atoms with van der Waals surface area (Å²) in [5, 5.41) is 3.80. The van der Waals surface area contributed by atoms with E-state index in [0.717, 1.165) is 0 Å². The molecular formula is C17H21FN4O3. The van der Waals surface area contributed by atoms with Crippen LogP contribution >= 0.6 is 0 Å². The summed E-state index contributed by atoms with van der Waals surface area (Å²) in [4.78, 5) is 20.0. The van der Waals surface area contributed by atoms with Gasteiger partial charge in [-0.2, -0.15) is 4.98 Å². The molecule has 1 fully saturated rings. The van der Waals surface area contributed by atoms with Crippen molar-refractivity contribution in [2.45, 2.75) is 19.9 Å². The van der Waals surface area contributed by atoms with Crippen LogP contribution in [0.15, 0.2) is 22.7 Å². The number of benzene rings is 1. The lowest BCUT2D eigenvalue weighted by Crippen LogP contribution is -2.36. The first-order chi connectivity index (χ1) is 12.1. The number of halogens is 1. The van der Waals surface area contributed by atoms with E-state index in [9.17, 15) is 9.18 Å². The van der Waals surface area contributed by atoms with Gasteiger partial charge in [-0.1, -0.05) is 12.1 Å². The number of aryl methyl sites for hydroxylation is 1. The second kappa shape index (κ2) is 7.60. The van der Waals surface area contributed by atoms with Gasteiger partial charge >= 0.3 is 0 Å². The van der Waals surface area contributed by atoms with E-state index in [1.54, 1.807) is 19.2 Å². The van der Waals surface area contributed by atoms with E-state index in [1.165, 1.54) is 11.0 Å². The van der Waals surface area contributed by atoms with Crippen molar-refractivity contribution in [2.24, 2.45) is 0 Å². The number of ether oxygens (including phenoxy) is 1. The number of carbonyl (C=O) groups excluding carboxylic acids is 1. The lowest BCUT2D eigenvalue weighted by atomic mass is 10.1. The van der Waals surface area contributed by atoms with Crippen molar-refractivity contribution in [3.63, 3.8) is 0 Å². The molecule has 0 unspecified atom stereocenters. The van der Waals surface area contributed by atoms with Gasteiger partial charge in [0.1, 0.15) is 5.82 Å². The fraction of sp³-hybridized carbons (Fsp3) is 0.471. The Morgan fingerprint density at radius 2 is 2.12 bits per heavy atom. The van der Waals surface area contributed by atoms with Gasteiger partial charge in [-0.3, -0.25) is 4.79 Å².